The van der Waals surface area contributed by atoms with Crippen molar-refractivity contribution in [2.45, 2.75) is 45.1 Å². The molecule has 0 radical (unpaired) electrons. The fourth-order valence-corrected chi connectivity index (χ4v) is 4.08. The highest BCUT2D eigenvalue weighted by Gasteiger charge is 2.19. The van der Waals surface area contributed by atoms with Crippen LogP contribution in [0, 0.1) is 0 Å². The molecule has 1 aliphatic heterocycles. The minimum atomic E-state index is -0.436. The molecular weight excluding hydrogens is 374 g/mol. The molecule has 0 aromatic carbocycles. The van der Waals surface area contributed by atoms with E-state index in [0.717, 1.165) is 56.4 Å². The summed E-state index contributed by atoms with van der Waals surface area (Å²) in [5, 5.41) is 4.31. The zero-order valence-electron chi connectivity index (χ0n) is 16.7. The lowest BCUT2D eigenvalue weighted by Gasteiger charge is -2.25. The zero-order chi connectivity index (χ0) is 19.8. The van der Waals surface area contributed by atoms with E-state index in [9.17, 15) is 4.79 Å². The monoisotopic (exact) mass is 405 g/mol. The van der Waals surface area contributed by atoms with Crippen LogP contribution < -0.4 is 5.32 Å². The van der Waals surface area contributed by atoms with Gasteiger partial charge < -0.3 is 19.4 Å². The van der Waals surface area contributed by atoms with Crippen LogP contribution in [0.2, 0.25) is 0 Å². The average Bonchev–Trinajstić information content (AvgIpc) is 3.06. The number of thiocarbonyl (C=S) groups is 1. The molecule has 0 unspecified atom stereocenters. The summed E-state index contributed by atoms with van der Waals surface area (Å²) >= 11 is 5.62. The molecule has 154 valence electrons. The van der Waals surface area contributed by atoms with Gasteiger partial charge in [-0.3, -0.25) is 4.90 Å². The predicted molar refractivity (Wildman–Crippen MR) is 113 cm³/mol. The van der Waals surface area contributed by atoms with Gasteiger partial charge in [-0.15, -0.1) is 0 Å². The Kier molecular flexibility index (Phi) is 7.91. The van der Waals surface area contributed by atoms with Crippen molar-refractivity contribution in [3.05, 3.63) is 35.3 Å². The number of methoxy groups -OCH3 is 1. The smallest absolute Gasteiger partial charge is 0.373 e. The molecule has 1 fully saturated rings. The lowest BCUT2D eigenvalue weighted by Crippen LogP contribution is -2.42. The first-order valence-electron chi connectivity index (χ1n) is 10.3. The molecule has 0 atom stereocenters. The molecule has 7 heteroatoms. The van der Waals surface area contributed by atoms with Gasteiger partial charge in [-0.25, -0.2) is 4.79 Å². The summed E-state index contributed by atoms with van der Waals surface area (Å²) in [4.78, 5) is 16.1. The number of ether oxygens (including phenoxy) is 1. The van der Waals surface area contributed by atoms with Crippen LogP contribution in [0.5, 0.6) is 0 Å². The highest BCUT2D eigenvalue weighted by molar-refractivity contribution is 7.80. The van der Waals surface area contributed by atoms with Gasteiger partial charge in [0.15, 0.2) is 5.11 Å². The quantitative estimate of drug-likeness (QED) is 0.442. The molecule has 0 amide bonds. The molecule has 1 aliphatic carbocycles. The van der Waals surface area contributed by atoms with Crippen LogP contribution in [0.15, 0.2) is 28.2 Å². The summed E-state index contributed by atoms with van der Waals surface area (Å²) < 4.78 is 10.3. The van der Waals surface area contributed by atoms with Crippen LogP contribution in [0.1, 0.15) is 54.8 Å². The molecule has 2 aliphatic rings. The number of hydrogen-bond acceptors (Lipinski definition) is 5. The number of carbonyl (C=O) groups excluding carboxylic acids is 1. The summed E-state index contributed by atoms with van der Waals surface area (Å²) in [6.45, 7) is 5.39. The maximum absolute atomic E-state index is 11.5. The van der Waals surface area contributed by atoms with E-state index in [1.807, 2.05) is 6.07 Å². The van der Waals surface area contributed by atoms with Crippen molar-refractivity contribution >= 4 is 23.3 Å². The Balaban J connectivity index is 1.41. The fourth-order valence-electron chi connectivity index (χ4n) is 3.80. The Morgan fingerprint density at radius 3 is 2.89 bits per heavy atom. The molecule has 1 N–H and O–H groups in total. The maximum Gasteiger partial charge on any atom is 0.373 e. The van der Waals surface area contributed by atoms with Crippen molar-refractivity contribution in [1.29, 1.82) is 0 Å². The molecule has 0 bridgehead atoms. The minimum absolute atomic E-state index is 0.257. The van der Waals surface area contributed by atoms with Crippen molar-refractivity contribution in [1.82, 2.24) is 15.1 Å². The molecule has 3 rings (SSSR count). The van der Waals surface area contributed by atoms with Crippen molar-refractivity contribution in [3.63, 3.8) is 0 Å². The van der Waals surface area contributed by atoms with Gasteiger partial charge >= 0.3 is 5.97 Å². The van der Waals surface area contributed by atoms with Crippen LogP contribution in [0.3, 0.4) is 0 Å². The van der Waals surface area contributed by atoms with Crippen LogP contribution in [0.4, 0.5) is 0 Å². The number of hydrogen-bond donors (Lipinski definition) is 1. The third kappa shape index (κ3) is 6.07. The Hall–Kier alpha value is -1.86. The Labute approximate surface area is 172 Å². The highest BCUT2D eigenvalue weighted by atomic mass is 32.1. The van der Waals surface area contributed by atoms with E-state index in [2.05, 4.69) is 21.2 Å². The van der Waals surface area contributed by atoms with E-state index in [-0.39, 0.29) is 5.76 Å². The van der Waals surface area contributed by atoms with E-state index < -0.39 is 5.97 Å². The number of esters is 1. The Bertz CT molecular complexity index is 701. The second-order valence-corrected chi connectivity index (χ2v) is 7.85. The van der Waals surface area contributed by atoms with Crippen molar-refractivity contribution in [3.8, 4) is 0 Å². The summed E-state index contributed by atoms with van der Waals surface area (Å²) in [6, 6.07) is 3.52. The highest BCUT2D eigenvalue weighted by Crippen LogP contribution is 2.19. The number of rotatable bonds is 6. The van der Waals surface area contributed by atoms with Crippen LogP contribution in [-0.2, 0) is 11.3 Å². The number of allylic oxidation sites excluding steroid dienone is 1. The van der Waals surface area contributed by atoms with E-state index in [1.165, 1.54) is 32.8 Å². The van der Waals surface area contributed by atoms with Crippen molar-refractivity contribution in [2.24, 2.45) is 0 Å². The predicted octanol–water partition coefficient (Wildman–Crippen LogP) is 3.34. The molecule has 1 saturated heterocycles. The fraction of sp³-hybridized carbons (Fsp3) is 0.619. The second kappa shape index (κ2) is 10.6. The molecular formula is C21H31N3O3S. The topological polar surface area (TPSA) is 58.0 Å². The normalized spacial score (nSPS) is 18.3. The van der Waals surface area contributed by atoms with Gasteiger partial charge in [0.25, 0.3) is 0 Å². The lowest BCUT2D eigenvalue weighted by atomic mass is 9.97. The largest absolute Gasteiger partial charge is 0.463 e. The van der Waals surface area contributed by atoms with E-state index in [4.69, 9.17) is 21.4 Å². The number of furan rings is 1. The second-order valence-electron chi connectivity index (χ2n) is 7.46. The van der Waals surface area contributed by atoms with Gasteiger partial charge in [-0.1, -0.05) is 11.6 Å². The number of carbonyl (C=O) groups is 1. The SMILES string of the molecule is COC(=O)c1ccc(CN2CCCN(C(=S)NCCC3=CCCCC3)CC2)o1. The number of nitrogens with zero attached hydrogens (tertiary/aromatic N) is 2. The van der Waals surface area contributed by atoms with Crippen LogP contribution >= 0.6 is 12.2 Å². The van der Waals surface area contributed by atoms with Gasteiger partial charge in [0.2, 0.25) is 5.76 Å². The summed E-state index contributed by atoms with van der Waals surface area (Å²) in [5.41, 5.74) is 1.58. The molecule has 1 aromatic heterocycles. The molecule has 28 heavy (non-hydrogen) atoms. The van der Waals surface area contributed by atoms with Crippen LogP contribution in [0.25, 0.3) is 0 Å². The molecule has 6 nitrogen and oxygen atoms in total. The zero-order valence-corrected chi connectivity index (χ0v) is 17.6. The standard InChI is InChI=1S/C21H31N3O3S/c1-26-20(25)19-9-8-18(27-19)16-23-12-5-13-24(15-14-23)21(28)22-11-10-17-6-3-2-4-7-17/h6,8-9H,2-5,7,10-16H2,1H3,(H,22,28). The first kappa shape index (κ1) is 20.9. The first-order valence-corrected chi connectivity index (χ1v) is 10.7. The third-order valence-electron chi connectivity index (χ3n) is 5.41. The molecule has 0 spiro atoms. The van der Waals surface area contributed by atoms with Gasteiger partial charge in [-0.2, -0.15) is 0 Å². The van der Waals surface area contributed by atoms with Crippen molar-refractivity contribution < 1.29 is 13.9 Å². The van der Waals surface area contributed by atoms with Crippen LogP contribution in [-0.4, -0.2) is 60.7 Å². The van der Waals surface area contributed by atoms with Crippen molar-refractivity contribution in [2.75, 3.05) is 39.8 Å². The average molecular weight is 406 g/mol. The van der Waals surface area contributed by atoms with Gasteiger partial charge in [0, 0.05) is 32.7 Å². The minimum Gasteiger partial charge on any atom is -0.463 e. The van der Waals surface area contributed by atoms with Gasteiger partial charge in [0.05, 0.1) is 13.7 Å². The Morgan fingerprint density at radius 2 is 2.11 bits per heavy atom. The Morgan fingerprint density at radius 1 is 1.21 bits per heavy atom. The molecule has 0 saturated carbocycles. The molecule has 1 aromatic rings. The summed E-state index contributed by atoms with van der Waals surface area (Å²) in [7, 11) is 1.36. The number of nitrogens with one attached hydrogen (secondary N) is 1. The summed E-state index contributed by atoms with van der Waals surface area (Å²) in [5.74, 6) is 0.608. The van der Waals surface area contributed by atoms with Gasteiger partial charge in [0.1, 0.15) is 5.76 Å². The third-order valence-corrected chi connectivity index (χ3v) is 5.81. The molecule has 2 heterocycles. The van der Waals surface area contributed by atoms with Gasteiger partial charge in [-0.05, 0) is 62.9 Å². The first-order chi connectivity index (χ1) is 13.7. The summed E-state index contributed by atoms with van der Waals surface area (Å²) in [6.07, 6.45) is 9.70. The lowest BCUT2D eigenvalue weighted by molar-refractivity contribution is 0.0561. The van der Waals surface area contributed by atoms with E-state index in [0.29, 0.717) is 6.54 Å². The van der Waals surface area contributed by atoms with E-state index in [1.54, 1.807) is 11.6 Å². The maximum atomic E-state index is 11.5. The van der Waals surface area contributed by atoms with E-state index >= 15 is 0 Å².